The van der Waals surface area contributed by atoms with E-state index in [9.17, 15) is 9.59 Å². The second kappa shape index (κ2) is 8.23. The van der Waals surface area contributed by atoms with E-state index in [0.29, 0.717) is 18.7 Å². The number of hydrogen-bond donors (Lipinski definition) is 2. The lowest BCUT2D eigenvalue weighted by molar-refractivity contribution is -0.114. The molecule has 1 unspecified atom stereocenters. The molecule has 0 spiro atoms. The van der Waals surface area contributed by atoms with E-state index in [0.717, 1.165) is 17.0 Å². The van der Waals surface area contributed by atoms with Gasteiger partial charge in [0.2, 0.25) is 5.91 Å². The van der Waals surface area contributed by atoms with Gasteiger partial charge in [-0.15, -0.1) is 24.2 Å². The van der Waals surface area contributed by atoms with Crippen LogP contribution in [0.5, 0.6) is 0 Å². The zero-order valence-corrected chi connectivity index (χ0v) is 16.2. The summed E-state index contributed by atoms with van der Waals surface area (Å²) < 4.78 is 0. The summed E-state index contributed by atoms with van der Waals surface area (Å²) in [7, 11) is 0. The van der Waals surface area contributed by atoms with Crippen LogP contribution >= 0.6 is 24.2 Å². The molecule has 1 heterocycles. The molecule has 24 heavy (non-hydrogen) atoms. The van der Waals surface area contributed by atoms with Crippen LogP contribution in [-0.4, -0.2) is 42.1 Å². The van der Waals surface area contributed by atoms with Crippen molar-refractivity contribution in [2.45, 2.75) is 38.1 Å². The topological polar surface area (TPSA) is 75.4 Å². The van der Waals surface area contributed by atoms with Crippen LogP contribution in [0, 0.1) is 5.41 Å². The van der Waals surface area contributed by atoms with Crippen molar-refractivity contribution in [3.05, 3.63) is 23.8 Å². The molecule has 1 aliphatic heterocycles. The van der Waals surface area contributed by atoms with Crippen LogP contribution in [0.25, 0.3) is 0 Å². The Morgan fingerprint density at radius 2 is 2.04 bits per heavy atom. The van der Waals surface area contributed by atoms with E-state index in [4.69, 9.17) is 5.73 Å². The molecule has 0 bridgehead atoms. The molecule has 0 aromatic heterocycles. The minimum absolute atomic E-state index is 0. The summed E-state index contributed by atoms with van der Waals surface area (Å²) in [6.45, 7) is 7.03. The highest BCUT2D eigenvalue weighted by Gasteiger charge is 2.35. The molecule has 134 valence electrons. The monoisotopic (exact) mass is 371 g/mol. The quantitative estimate of drug-likeness (QED) is 0.801. The molecule has 1 aromatic rings. The van der Waals surface area contributed by atoms with E-state index in [2.05, 4.69) is 19.2 Å². The molecule has 1 fully saturated rings. The number of thioether (sulfide) groups is 1. The minimum Gasteiger partial charge on any atom is -0.338 e. The number of carbonyl (C=O) groups excluding carboxylic acids is 2. The van der Waals surface area contributed by atoms with E-state index >= 15 is 0 Å². The molecule has 1 aromatic carbocycles. The summed E-state index contributed by atoms with van der Waals surface area (Å²) in [5, 5.41) is 2.79. The zero-order valence-electron chi connectivity index (χ0n) is 14.6. The van der Waals surface area contributed by atoms with Crippen molar-refractivity contribution in [3.8, 4) is 0 Å². The average Bonchev–Trinajstić information content (AvgIpc) is 2.49. The lowest BCUT2D eigenvalue weighted by Crippen LogP contribution is -2.54. The average molecular weight is 372 g/mol. The van der Waals surface area contributed by atoms with Crippen molar-refractivity contribution < 1.29 is 9.59 Å². The van der Waals surface area contributed by atoms with Crippen LogP contribution in [0.4, 0.5) is 5.69 Å². The molecule has 3 N–H and O–H groups in total. The third-order valence-electron chi connectivity index (χ3n) is 4.36. The van der Waals surface area contributed by atoms with Gasteiger partial charge in [-0.3, -0.25) is 9.59 Å². The minimum atomic E-state index is -0.119. The largest absolute Gasteiger partial charge is 0.338 e. The molecule has 0 aliphatic carbocycles. The maximum absolute atomic E-state index is 12.8. The van der Waals surface area contributed by atoms with Gasteiger partial charge in [0.15, 0.2) is 0 Å². The van der Waals surface area contributed by atoms with Crippen LogP contribution in [0.1, 0.15) is 37.6 Å². The van der Waals surface area contributed by atoms with E-state index in [1.165, 1.54) is 18.7 Å². The molecule has 0 radical (unpaired) electrons. The molecule has 7 heteroatoms. The smallest absolute Gasteiger partial charge is 0.253 e. The third kappa shape index (κ3) is 4.65. The second-order valence-electron chi connectivity index (χ2n) is 6.71. The molecule has 2 rings (SSSR count). The lowest BCUT2D eigenvalue weighted by Gasteiger charge is -2.42. The van der Waals surface area contributed by atoms with Crippen LogP contribution in [-0.2, 0) is 4.79 Å². The first-order chi connectivity index (χ1) is 10.7. The maximum atomic E-state index is 12.8. The lowest BCUT2D eigenvalue weighted by atomic mass is 9.79. The van der Waals surface area contributed by atoms with Crippen molar-refractivity contribution in [1.82, 2.24) is 4.90 Å². The van der Waals surface area contributed by atoms with Gasteiger partial charge in [0.25, 0.3) is 5.91 Å². The molecule has 1 atom stereocenters. The number of rotatable bonds is 3. The van der Waals surface area contributed by atoms with E-state index in [1.807, 2.05) is 17.2 Å². The Labute approximate surface area is 154 Å². The predicted molar refractivity (Wildman–Crippen MR) is 102 cm³/mol. The Kier molecular flexibility index (Phi) is 7.13. The number of carbonyl (C=O) groups is 2. The van der Waals surface area contributed by atoms with Gasteiger partial charge in [0.05, 0.1) is 5.69 Å². The number of nitrogens with two attached hydrogens (primary N) is 1. The summed E-state index contributed by atoms with van der Waals surface area (Å²) in [6, 6.07) is 5.53. The van der Waals surface area contributed by atoms with Crippen molar-refractivity contribution in [2.75, 3.05) is 24.7 Å². The SMILES string of the molecule is CSc1cc(C(=O)N2CCC(N)C(C)(C)C2)ccc1NC(C)=O.Cl. The van der Waals surface area contributed by atoms with Gasteiger partial charge in [0.1, 0.15) is 0 Å². The molecule has 1 saturated heterocycles. The van der Waals surface area contributed by atoms with E-state index < -0.39 is 0 Å². The van der Waals surface area contributed by atoms with Gasteiger partial charge in [-0.05, 0) is 36.3 Å². The second-order valence-corrected chi connectivity index (χ2v) is 7.55. The third-order valence-corrected chi connectivity index (χ3v) is 5.14. The van der Waals surface area contributed by atoms with Crippen molar-refractivity contribution >= 4 is 41.7 Å². The van der Waals surface area contributed by atoms with Crippen molar-refractivity contribution in [2.24, 2.45) is 11.1 Å². The Bertz CT molecular complexity index is 622. The zero-order chi connectivity index (χ0) is 17.2. The molecular formula is C17H26ClN3O2S. The summed E-state index contributed by atoms with van der Waals surface area (Å²) in [4.78, 5) is 26.8. The number of nitrogens with one attached hydrogen (secondary N) is 1. The van der Waals surface area contributed by atoms with Gasteiger partial charge < -0.3 is 16.0 Å². The van der Waals surface area contributed by atoms with Crippen molar-refractivity contribution in [3.63, 3.8) is 0 Å². The van der Waals surface area contributed by atoms with Crippen LogP contribution in [0.2, 0.25) is 0 Å². The number of halogens is 1. The number of piperidine rings is 1. The molecule has 1 aliphatic rings. The molecule has 0 saturated carbocycles. The Morgan fingerprint density at radius 3 is 2.58 bits per heavy atom. The highest BCUT2D eigenvalue weighted by atomic mass is 35.5. The Balaban J connectivity index is 0.00000288. The van der Waals surface area contributed by atoms with Gasteiger partial charge in [-0.2, -0.15) is 0 Å². The number of nitrogens with zero attached hydrogens (tertiary/aromatic N) is 1. The first-order valence-corrected chi connectivity index (χ1v) is 8.97. The first-order valence-electron chi connectivity index (χ1n) is 7.75. The Hall–Kier alpha value is -1.24. The van der Waals surface area contributed by atoms with Gasteiger partial charge in [-0.25, -0.2) is 0 Å². The highest BCUT2D eigenvalue weighted by molar-refractivity contribution is 7.98. The van der Waals surface area contributed by atoms with Crippen LogP contribution in [0.3, 0.4) is 0 Å². The van der Waals surface area contributed by atoms with E-state index in [-0.39, 0.29) is 35.7 Å². The van der Waals surface area contributed by atoms with Gasteiger partial charge in [-0.1, -0.05) is 13.8 Å². The fourth-order valence-electron chi connectivity index (χ4n) is 2.85. The number of benzene rings is 1. The fourth-order valence-corrected chi connectivity index (χ4v) is 3.43. The normalized spacial score (nSPS) is 19.4. The predicted octanol–water partition coefficient (Wildman–Crippen LogP) is 2.99. The highest BCUT2D eigenvalue weighted by Crippen LogP contribution is 2.30. The molecule has 5 nitrogen and oxygen atoms in total. The Morgan fingerprint density at radius 1 is 1.38 bits per heavy atom. The summed E-state index contributed by atoms with van der Waals surface area (Å²) in [6.07, 6.45) is 2.75. The first kappa shape index (κ1) is 20.8. The van der Waals surface area contributed by atoms with Crippen molar-refractivity contribution in [1.29, 1.82) is 0 Å². The summed E-state index contributed by atoms with van der Waals surface area (Å²) >= 11 is 1.51. The van der Waals surface area contributed by atoms with E-state index in [1.54, 1.807) is 12.1 Å². The van der Waals surface area contributed by atoms with Gasteiger partial charge in [0, 0.05) is 36.5 Å². The fraction of sp³-hybridized carbons (Fsp3) is 0.529. The summed E-state index contributed by atoms with van der Waals surface area (Å²) in [5.41, 5.74) is 7.45. The number of hydrogen-bond acceptors (Lipinski definition) is 4. The van der Waals surface area contributed by atoms with Gasteiger partial charge >= 0.3 is 0 Å². The number of likely N-dealkylation sites (tertiary alicyclic amines) is 1. The maximum Gasteiger partial charge on any atom is 0.253 e. The number of anilines is 1. The summed E-state index contributed by atoms with van der Waals surface area (Å²) in [5.74, 6) is -0.0965. The number of amides is 2. The standard InChI is InChI=1S/C17H25N3O2S.ClH/c1-11(21)19-13-6-5-12(9-14(13)23-4)16(22)20-8-7-15(18)17(2,3)10-20;/h5-6,9,15H,7-8,10,18H2,1-4H3,(H,19,21);1H. The molecular weight excluding hydrogens is 346 g/mol. The van der Waals surface area contributed by atoms with Crippen LogP contribution < -0.4 is 11.1 Å². The molecule has 2 amide bonds. The van der Waals surface area contributed by atoms with Crippen LogP contribution in [0.15, 0.2) is 23.1 Å².